The molecular formula is C39H47N5O8. The molecule has 5 rings (SSSR count). The van der Waals surface area contributed by atoms with E-state index >= 15 is 0 Å². The van der Waals surface area contributed by atoms with Crippen molar-refractivity contribution >= 4 is 23.2 Å². The van der Waals surface area contributed by atoms with E-state index in [4.69, 9.17) is 29.8 Å². The second-order valence-corrected chi connectivity index (χ2v) is 12.3. The minimum absolute atomic E-state index is 0.0448. The van der Waals surface area contributed by atoms with Crippen molar-refractivity contribution in [3.63, 3.8) is 0 Å². The Balaban J connectivity index is 1.37. The zero-order valence-electron chi connectivity index (χ0n) is 29.7. The van der Waals surface area contributed by atoms with Crippen molar-refractivity contribution in [2.75, 3.05) is 50.7 Å². The third-order valence-corrected chi connectivity index (χ3v) is 8.95. The number of para-hydroxylation sites is 3. The predicted octanol–water partition coefficient (Wildman–Crippen LogP) is 4.03. The highest BCUT2D eigenvalue weighted by atomic mass is 16.7. The molecule has 1 aromatic heterocycles. The van der Waals surface area contributed by atoms with Gasteiger partial charge in [0, 0.05) is 55.5 Å². The lowest BCUT2D eigenvalue weighted by Gasteiger charge is -2.36. The van der Waals surface area contributed by atoms with Crippen LogP contribution in [0.1, 0.15) is 46.4 Å². The van der Waals surface area contributed by atoms with Crippen molar-refractivity contribution in [1.29, 1.82) is 0 Å². The fourth-order valence-corrected chi connectivity index (χ4v) is 6.20. The Hall–Kier alpha value is -5.21. The van der Waals surface area contributed by atoms with Crippen LogP contribution in [0.25, 0.3) is 5.69 Å². The monoisotopic (exact) mass is 713 g/mol. The van der Waals surface area contributed by atoms with Crippen LogP contribution in [0.3, 0.4) is 0 Å². The first-order valence-electron chi connectivity index (χ1n) is 17.4. The Bertz CT molecular complexity index is 1890. The number of nitrogen functional groups attached to an aromatic ring is 1. The number of aliphatic hydroxyl groups excluding tert-OH is 1. The first-order valence-corrected chi connectivity index (χ1v) is 17.4. The minimum atomic E-state index is -0.837. The molecule has 0 unspecified atom stereocenters. The van der Waals surface area contributed by atoms with Gasteiger partial charge in [-0.05, 0) is 68.3 Å². The summed E-state index contributed by atoms with van der Waals surface area (Å²) in [4.78, 5) is 40.7. The number of rotatable bonds is 17. The van der Waals surface area contributed by atoms with Gasteiger partial charge in [0.15, 0.2) is 5.76 Å². The Morgan fingerprint density at radius 3 is 2.31 bits per heavy atom. The van der Waals surface area contributed by atoms with Crippen molar-refractivity contribution in [3.8, 4) is 5.69 Å². The Morgan fingerprint density at radius 2 is 1.62 bits per heavy atom. The number of amides is 2. The highest BCUT2D eigenvalue weighted by Crippen LogP contribution is 2.39. The van der Waals surface area contributed by atoms with Crippen LogP contribution in [0.5, 0.6) is 0 Å². The molecule has 3 aromatic carbocycles. The number of benzene rings is 3. The number of allylic oxidation sites excluding steroid dienone is 1. The molecule has 0 radical (unpaired) electrons. The summed E-state index contributed by atoms with van der Waals surface area (Å²) in [5, 5.41) is 14.7. The molecule has 3 atom stereocenters. The lowest BCUT2D eigenvalue weighted by atomic mass is 9.81. The Labute approximate surface area is 302 Å². The van der Waals surface area contributed by atoms with E-state index in [0.29, 0.717) is 55.4 Å². The topological polar surface area (TPSA) is 168 Å². The standard InChI is InChI=1S/C39H47N5O8/c1-4-51-39-30(18-20-49-22-23-50-21-19-45)31(35-26(2)43(3)44(38(35)48)29-10-6-5-7-11-29)24-34(52-39)37(47)41-25-27-14-16-28(17-15-27)36(46)42-33-13-9-8-12-32(33)40/h5-17,24,30-31,39,45H,4,18-23,25,40H2,1-3H3,(H,41,47)(H,42,46)/t30-,31-,39+/m0/s1. The second-order valence-electron chi connectivity index (χ2n) is 12.3. The molecule has 0 saturated heterocycles. The normalized spacial score (nSPS) is 16.9. The van der Waals surface area contributed by atoms with Gasteiger partial charge in [0.2, 0.25) is 6.29 Å². The van der Waals surface area contributed by atoms with E-state index in [2.05, 4.69) is 10.6 Å². The van der Waals surface area contributed by atoms with Crippen LogP contribution in [-0.2, 0) is 37.3 Å². The summed E-state index contributed by atoms with van der Waals surface area (Å²) in [7, 11) is 1.83. The summed E-state index contributed by atoms with van der Waals surface area (Å²) in [6.45, 7) is 5.39. The number of anilines is 2. The Morgan fingerprint density at radius 1 is 0.923 bits per heavy atom. The second kappa shape index (κ2) is 18.3. The van der Waals surface area contributed by atoms with Crippen LogP contribution in [0.15, 0.2) is 95.5 Å². The first-order chi connectivity index (χ1) is 25.2. The van der Waals surface area contributed by atoms with E-state index in [1.54, 1.807) is 59.3 Å². The maximum Gasteiger partial charge on any atom is 0.286 e. The number of aliphatic hydroxyl groups is 1. The molecule has 52 heavy (non-hydrogen) atoms. The number of ether oxygens (including phenoxy) is 4. The number of nitrogens with one attached hydrogen (secondary N) is 2. The average molecular weight is 714 g/mol. The summed E-state index contributed by atoms with van der Waals surface area (Å²) >= 11 is 0. The van der Waals surface area contributed by atoms with Crippen LogP contribution in [0.4, 0.5) is 11.4 Å². The van der Waals surface area contributed by atoms with Gasteiger partial charge in [0.1, 0.15) is 0 Å². The lowest BCUT2D eigenvalue weighted by molar-refractivity contribution is -0.168. The van der Waals surface area contributed by atoms with Crippen molar-refractivity contribution < 1.29 is 33.6 Å². The molecule has 13 heteroatoms. The van der Waals surface area contributed by atoms with Crippen LogP contribution < -0.4 is 21.9 Å². The highest BCUT2D eigenvalue weighted by molar-refractivity contribution is 6.05. The summed E-state index contributed by atoms with van der Waals surface area (Å²) in [6, 6.07) is 23.3. The third-order valence-electron chi connectivity index (χ3n) is 8.95. The van der Waals surface area contributed by atoms with E-state index in [1.165, 1.54) is 0 Å². The van der Waals surface area contributed by atoms with Crippen molar-refractivity contribution in [2.45, 2.75) is 39.0 Å². The van der Waals surface area contributed by atoms with Crippen LogP contribution in [0, 0.1) is 12.8 Å². The molecule has 0 saturated carbocycles. The van der Waals surface area contributed by atoms with Gasteiger partial charge in [-0.1, -0.05) is 42.5 Å². The minimum Gasteiger partial charge on any atom is -0.459 e. The van der Waals surface area contributed by atoms with Crippen LogP contribution >= 0.6 is 0 Å². The molecule has 0 bridgehead atoms. The number of nitrogens with zero attached hydrogens (tertiary/aromatic N) is 2. The van der Waals surface area contributed by atoms with Gasteiger partial charge in [0.25, 0.3) is 17.4 Å². The molecule has 1 aliphatic rings. The van der Waals surface area contributed by atoms with Crippen molar-refractivity contribution in [1.82, 2.24) is 14.7 Å². The molecule has 2 amide bonds. The first kappa shape index (κ1) is 38.0. The summed E-state index contributed by atoms with van der Waals surface area (Å²) in [5.74, 6) is -1.63. The number of aromatic nitrogens is 2. The molecule has 2 heterocycles. The van der Waals surface area contributed by atoms with Gasteiger partial charge < -0.3 is 40.4 Å². The van der Waals surface area contributed by atoms with Gasteiger partial charge in [0.05, 0.1) is 43.5 Å². The van der Waals surface area contributed by atoms with E-state index in [1.807, 2.05) is 55.9 Å². The van der Waals surface area contributed by atoms with E-state index in [-0.39, 0.29) is 42.9 Å². The molecule has 5 N–H and O–H groups in total. The largest absolute Gasteiger partial charge is 0.459 e. The van der Waals surface area contributed by atoms with Gasteiger partial charge in [-0.15, -0.1) is 0 Å². The smallest absolute Gasteiger partial charge is 0.286 e. The van der Waals surface area contributed by atoms with E-state index in [9.17, 15) is 14.4 Å². The van der Waals surface area contributed by atoms with Crippen LogP contribution in [-0.4, -0.2) is 72.2 Å². The SMILES string of the molecule is CCO[C@@H]1OC(C(=O)NCc2ccc(C(=O)Nc3ccccc3N)cc2)=C[C@H](c2c(C)n(C)n(-c3ccccc3)c2=O)[C@@H]1CCOCCOCCO. The van der Waals surface area contributed by atoms with Gasteiger partial charge in [-0.3, -0.25) is 19.1 Å². The molecule has 1 aliphatic heterocycles. The number of hydrogen-bond donors (Lipinski definition) is 4. The van der Waals surface area contributed by atoms with E-state index in [0.717, 1.165) is 16.9 Å². The van der Waals surface area contributed by atoms with E-state index < -0.39 is 18.1 Å². The van der Waals surface area contributed by atoms with Crippen molar-refractivity contribution in [3.05, 3.63) is 123 Å². The number of carbonyl (C=O) groups is 2. The molecular weight excluding hydrogens is 666 g/mol. The predicted molar refractivity (Wildman–Crippen MR) is 197 cm³/mol. The molecule has 13 nitrogen and oxygen atoms in total. The van der Waals surface area contributed by atoms with Gasteiger partial charge in [-0.2, -0.15) is 0 Å². The molecule has 276 valence electrons. The lowest BCUT2D eigenvalue weighted by Crippen LogP contribution is -2.40. The van der Waals surface area contributed by atoms with Crippen LogP contribution in [0.2, 0.25) is 0 Å². The number of carbonyl (C=O) groups excluding carboxylic acids is 2. The van der Waals surface area contributed by atoms with Gasteiger partial charge >= 0.3 is 0 Å². The quantitative estimate of drug-likeness (QED) is 0.0933. The highest BCUT2D eigenvalue weighted by Gasteiger charge is 2.41. The van der Waals surface area contributed by atoms with Gasteiger partial charge in [-0.25, -0.2) is 4.68 Å². The fraction of sp³-hybridized carbons (Fsp3) is 0.359. The summed E-state index contributed by atoms with van der Waals surface area (Å²) < 4.78 is 26.9. The maximum atomic E-state index is 14.2. The zero-order chi connectivity index (χ0) is 37.0. The summed E-state index contributed by atoms with van der Waals surface area (Å²) in [5.41, 5.74) is 9.94. The molecule has 4 aromatic rings. The zero-order valence-corrected chi connectivity index (χ0v) is 29.7. The molecule has 0 spiro atoms. The third kappa shape index (κ3) is 9.17. The maximum absolute atomic E-state index is 14.2. The Kier molecular flexibility index (Phi) is 13.4. The number of nitrogens with two attached hydrogens (primary N) is 1. The average Bonchev–Trinajstić information content (AvgIpc) is 3.38. The molecule has 0 aliphatic carbocycles. The number of hydrogen-bond acceptors (Lipinski definition) is 9. The summed E-state index contributed by atoms with van der Waals surface area (Å²) in [6.07, 6.45) is 1.34. The molecule has 0 fully saturated rings. The van der Waals surface area contributed by atoms with Crippen molar-refractivity contribution in [2.24, 2.45) is 13.0 Å². The fourth-order valence-electron chi connectivity index (χ4n) is 6.20.